The van der Waals surface area contributed by atoms with Crippen molar-refractivity contribution in [1.82, 2.24) is 0 Å². The van der Waals surface area contributed by atoms with Crippen LogP contribution in [0.5, 0.6) is 0 Å². The van der Waals surface area contributed by atoms with Gasteiger partial charge in [-0.3, -0.25) is 0 Å². The number of fused-ring (bicyclic) bond motifs is 1. The molecule has 0 unspecified atom stereocenters. The third kappa shape index (κ3) is 2.54. The van der Waals surface area contributed by atoms with Crippen LogP contribution in [0.1, 0.15) is 62.5 Å². The van der Waals surface area contributed by atoms with Gasteiger partial charge in [0.1, 0.15) is 0 Å². The fourth-order valence-corrected chi connectivity index (χ4v) is 3.56. The minimum Gasteiger partial charge on any atom is -0.0654 e. The molecule has 0 bridgehead atoms. The van der Waals surface area contributed by atoms with Crippen molar-refractivity contribution in [2.45, 2.75) is 57.8 Å². The zero-order valence-corrected chi connectivity index (χ0v) is 12.0. The number of aryl methyl sites for hydroxylation is 1. The molecule has 1 saturated carbocycles. The van der Waals surface area contributed by atoms with Gasteiger partial charge in [-0.2, -0.15) is 0 Å². The van der Waals surface area contributed by atoms with Crippen LogP contribution in [0.4, 0.5) is 0 Å². The zero-order valence-electron chi connectivity index (χ0n) is 12.0. The Bertz CT molecular complexity index is 547. The predicted octanol–water partition coefficient (Wildman–Crippen LogP) is 5.84. The summed E-state index contributed by atoms with van der Waals surface area (Å²) >= 11 is 0. The molecule has 0 nitrogen and oxygen atoms in total. The van der Waals surface area contributed by atoms with Gasteiger partial charge in [0.2, 0.25) is 0 Å². The highest BCUT2D eigenvalue weighted by atomic mass is 14.2. The van der Waals surface area contributed by atoms with Crippen molar-refractivity contribution < 1.29 is 0 Å². The molecule has 2 aromatic carbocycles. The molecule has 0 heteroatoms. The fourth-order valence-electron chi connectivity index (χ4n) is 3.56. The van der Waals surface area contributed by atoms with Crippen molar-refractivity contribution in [2.24, 2.45) is 0 Å². The first kappa shape index (κ1) is 12.7. The summed E-state index contributed by atoms with van der Waals surface area (Å²) in [7, 11) is 0. The van der Waals surface area contributed by atoms with Crippen molar-refractivity contribution >= 4 is 10.8 Å². The number of benzene rings is 2. The van der Waals surface area contributed by atoms with E-state index in [2.05, 4.69) is 43.3 Å². The van der Waals surface area contributed by atoms with Gasteiger partial charge in [0.25, 0.3) is 0 Å². The first-order chi connectivity index (χ1) is 9.40. The molecule has 2 aromatic rings. The van der Waals surface area contributed by atoms with Gasteiger partial charge in [-0.1, -0.05) is 62.6 Å². The van der Waals surface area contributed by atoms with Crippen LogP contribution in [0, 0.1) is 0 Å². The van der Waals surface area contributed by atoms with E-state index in [4.69, 9.17) is 0 Å². The largest absolute Gasteiger partial charge is 0.0654 e. The molecule has 1 aliphatic rings. The van der Waals surface area contributed by atoms with Gasteiger partial charge in [0.15, 0.2) is 0 Å². The van der Waals surface area contributed by atoms with Gasteiger partial charge in [-0.05, 0) is 53.5 Å². The summed E-state index contributed by atoms with van der Waals surface area (Å²) in [6.07, 6.45) is 9.40. The Labute approximate surface area is 116 Å². The Morgan fingerprint density at radius 1 is 0.947 bits per heavy atom. The molecule has 1 aliphatic carbocycles. The lowest BCUT2D eigenvalue weighted by molar-refractivity contribution is 0.728. The quantitative estimate of drug-likeness (QED) is 0.641. The fraction of sp³-hybridized carbons (Fsp3) is 0.474. The Kier molecular flexibility index (Phi) is 3.87. The SMILES string of the molecule is CCCCc1ccc(C2CCCC2)c2ccccc12. The summed E-state index contributed by atoms with van der Waals surface area (Å²) in [5.41, 5.74) is 3.15. The third-order valence-electron chi connectivity index (χ3n) is 4.64. The molecule has 0 amide bonds. The average molecular weight is 252 g/mol. The normalized spacial score (nSPS) is 16.3. The first-order valence-corrected chi connectivity index (χ1v) is 7.90. The Balaban J connectivity index is 2.05. The maximum Gasteiger partial charge on any atom is -0.0146 e. The van der Waals surface area contributed by atoms with E-state index in [9.17, 15) is 0 Å². The number of hydrogen-bond acceptors (Lipinski definition) is 0. The van der Waals surface area contributed by atoms with E-state index in [1.807, 2.05) is 0 Å². The summed E-state index contributed by atoms with van der Waals surface area (Å²) in [6, 6.07) is 13.9. The van der Waals surface area contributed by atoms with Crippen molar-refractivity contribution in [3.63, 3.8) is 0 Å². The second-order valence-electron chi connectivity index (χ2n) is 5.94. The van der Waals surface area contributed by atoms with Crippen LogP contribution in [-0.2, 0) is 6.42 Å². The molecule has 1 fully saturated rings. The van der Waals surface area contributed by atoms with Crippen LogP contribution in [0.2, 0.25) is 0 Å². The number of unbranched alkanes of at least 4 members (excludes halogenated alkanes) is 1. The zero-order chi connectivity index (χ0) is 13.1. The lowest BCUT2D eigenvalue weighted by atomic mass is 9.89. The molecule has 0 saturated heterocycles. The first-order valence-electron chi connectivity index (χ1n) is 7.90. The van der Waals surface area contributed by atoms with Gasteiger partial charge in [0, 0.05) is 0 Å². The lowest BCUT2D eigenvalue weighted by Crippen LogP contribution is -1.96. The summed E-state index contributed by atoms with van der Waals surface area (Å²) in [5.74, 6) is 0.810. The van der Waals surface area contributed by atoms with Gasteiger partial charge in [-0.25, -0.2) is 0 Å². The second-order valence-corrected chi connectivity index (χ2v) is 5.94. The summed E-state index contributed by atoms with van der Waals surface area (Å²) in [6.45, 7) is 2.27. The molecule has 19 heavy (non-hydrogen) atoms. The molecule has 100 valence electrons. The topological polar surface area (TPSA) is 0 Å². The Morgan fingerprint density at radius 3 is 2.42 bits per heavy atom. The second kappa shape index (κ2) is 5.77. The smallest absolute Gasteiger partial charge is 0.0146 e. The van der Waals surface area contributed by atoms with Crippen LogP contribution in [0.3, 0.4) is 0 Å². The van der Waals surface area contributed by atoms with E-state index < -0.39 is 0 Å². The molecule has 0 N–H and O–H groups in total. The molecule has 0 aliphatic heterocycles. The van der Waals surface area contributed by atoms with E-state index in [1.54, 1.807) is 11.1 Å². The maximum absolute atomic E-state index is 2.42. The molecule has 3 rings (SSSR count). The molecule has 0 radical (unpaired) electrons. The highest BCUT2D eigenvalue weighted by Gasteiger charge is 2.19. The Morgan fingerprint density at radius 2 is 1.68 bits per heavy atom. The van der Waals surface area contributed by atoms with E-state index in [0.717, 1.165) is 5.92 Å². The minimum atomic E-state index is 0.810. The molecular weight excluding hydrogens is 228 g/mol. The molecule has 0 aromatic heterocycles. The standard InChI is InChI=1S/C19H24/c1-2-3-8-16-13-14-18(15-9-4-5-10-15)19-12-7-6-11-17(16)19/h6-7,11-15H,2-5,8-10H2,1H3. The summed E-state index contributed by atoms with van der Waals surface area (Å²) < 4.78 is 0. The monoisotopic (exact) mass is 252 g/mol. The summed E-state index contributed by atoms with van der Waals surface area (Å²) in [4.78, 5) is 0. The highest BCUT2D eigenvalue weighted by molar-refractivity contribution is 5.89. The number of rotatable bonds is 4. The van der Waals surface area contributed by atoms with Crippen molar-refractivity contribution in [3.05, 3.63) is 47.5 Å². The van der Waals surface area contributed by atoms with Crippen molar-refractivity contribution in [2.75, 3.05) is 0 Å². The maximum atomic E-state index is 2.42. The van der Waals surface area contributed by atoms with E-state index >= 15 is 0 Å². The average Bonchev–Trinajstić information content (AvgIpc) is 2.98. The van der Waals surface area contributed by atoms with Gasteiger partial charge in [0.05, 0.1) is 0 Å². The van der Waals surface area contributed by atoms with Gasteiger partial charge < -0.3 is 0 Å². The molecule has 0 heterocycles. The van der Waals surface area contributed by atoms with Crippen LogP contribution >= 0.6 is 0 Å². The van der Waals surface area contributed by atoms with Crippen LogP contribution in [0.25, 0.3) is 10.8 Å². The number of hydrogen-bond donors (Lipinski definition) is 0. The van der Waals surface area contributed by atoms with E-state index in [-0.39, 0.29) is 0 Å². The van der Waals surface area contributed by atoms with Crippen molar-refractivity contribution in [3.8, 4) is 0 Å². The molecule has 0 spiro atoms. The van der Waals surface area contributed by atoms with Crippen LogP contribution in [-0.4, -0.2) is 0 Å². The van der Waals surface area contributed by atoms with Crippen molar-refractivity contribution in [1.29, 1.82) is 0 Å². The van der Waals surface area contributed by atoms with E-state index in [0.29, 0.717) is 0 Å². The summed E-state index contributed by atoms with van der Waals surface area (Å²) in [5, 5.41) is 3.02. The third-order valence-corrected chi connectivity index (χ3v) is 4.64. The molecule has 0 atom stereocenters. The Hall–Kier alpha value is -1.30. The minimum absolute atomic E-state index is 0.810. The van der Waals surface area contributed by atoms with Crippen LogP contribution in [0.15, 0.2) is 36.4 Å². The lowest BCUT2D eigenvalue weighted by Gasteiger charge is -2.15. The highest BCUT2D eigenvalue weighted by Crippen LogP contribution is 2.38. The van der Waals surface area contributed by atoms with E-state index in [1.165, 1.54) is 55.7 Å². The van der Waals surface area contributed by atoms with Gasteiger partial charge >= 0.3 is 0 Å². The predicted molar refractivity (Wildman–Crippen MR) is 83.8 cm³/mol. The van der Waals surface area contributed by atoms with Gasteiger partial charge in [-0.15, -0.1) is 0 Å². The molecular formula is C19H24. The van der Waals surface area contributed by atoms with Crippen LogP contribution < -0.4 is 0 Å².